The number of esters is 1. The van der Waals surface area contributed by atoms with Gasteiger partial charge >= 0.3 is 5.97 Å². The predicted octanol–water partition coefficient (Wildman–Crippen LogP) is 5.74. The Morgan fingerprint density at radius 2 is 1.97 bits per heavy atom. The SMILES string of the molecule is COc1cc(/C=C2\N=C(c3ccc([N+](=O)[O-])c(C)c3)OC2=O)cc(Br)c1OCc1ccccc1F. The maximum atomic E-state index is 13.9. The molecule has 0 fully saturated rings. The molecule has 0 unspecified atom stereocenters. The number of ether oxygens (including phenoxy) is 3. The number of aliphatic imine (C=N–C) groups is 1. The Labute approximate surface area is 207 Å². The molecule has 8 nitrogen and oxygen atoms in total. The fourth-order valence-electron chi connectivity index (χ4n) is 3.41. The van der Waals surface area contributed by atoms with Crippen LogP contribution >= 0.6 is 15.9 Å². The zero-order chi connectivity index (χ0) is 25.1. The molecule has 0 amide bonds. The van der Waals surface area contributed by atoms with E-state index in [2.05, 4.69) is 20.9 Å². The summed E-state index contributed by atoms with van der Waals surface area (Å²) >= 11 is 3.44. The van der Waals surface area contributed by atoms with Crippen LogP contribution in [0.2, 0.25) is 0 Å². The van der Waals surface area contributed by atoms with Crippen molar-refractivity contribution in [2.75, 3.05) is 7.11 Å². The molecule has 0 N–H and O–H groups in total. The second-order valence-corrected chi connectivity index (χ2v) is 8.36. The summed E-state index contributed by atoms with van der Waals surface area (Å²) in [7, 11) is 1.46. The molecule has 1 aliphatic rings. The van der Waals surface area contributed by atoms with Crippen LogP contribution in [0.5, 0.6) is 11.5 Å². The number of halogens is 2. The van der Waals surface area contributed by atoms with Crippen LogP contribution in [0, 0.1) is 22.9 Å². The lowest BCUT2D eigenvalue weighted by molar-refractivity contribution is -0.385. The van der Waals surface area contributed by atoms with E-state index in [0.717, 1.165) is 0 Å². The molecule has 0 saturated carbocycles. The zero-order valence-electron chi connectivity index (χ0n) is 18.6. The van der Waals surface area contributed by atoms with Crippen molar-refractivity contribution in [3.8, 4) is 11.5 Å². The van der Waals surface area contributed by atoms with Crippen molar-refractivity contribution < 1.29 is 28.3 Å². The molecule has 0 radical (unpaired) electrons. The largest absolute Gasteiger partial charge is 0.493 e. The molecule has 1 heterocycles. The lowest BCUT2D eigenvalue weighted by atomic mass is 10.1. The third-order valence-electron chi connectivity index (χ3n) is 5.15. The fourth-order valence-corrected chi connectivity index (χ4v) is 3.99. The molecule has 4 rings (SSSR count). The molecule has 0 atom stereocenters. The number of cyclic esters (lactones) is 1. The smallest absolute Gasteiger partial charge is 0.363 e. The number of aryl methyl sites for hydroxylation is 1. The first kappa shape index (κ1) is 24.1. The summed E-state index contributed by atoms with van der Waals surface area (Å²) in [6.45, 7) is 1.59. The minimum atomic E-state index is -0.661. The number of rotatable bonds is 7. The number of nitro benzene ring substituents is 1. The monoisotopic (exact) mass is 540 g/mol. The van der Waals surface area contributed by atoms with E-state index >= 15 is 0 Å². The van der Waals surface area contributed by atoms with Crippen LogP contribution in [0.25, 0.3) is 6.08 Å². The molecule has 0 aromatic heterocycles. The van der Waals surface area contributed by atoms with Crippen LogP contribution < -0.4 is 9.47 Å². The Morgan fingerprint density at radius 3 is 2.66 bits per heavy atom. The van der Waals surface area contributed by atoms with Crippen molar-refractivity contribution in [1.82, 2.24) is 0 Å². The van der Waals surface area contributed by atoms with Gasteiger partial charge in [-0.25, -0.2) is 14.2 Å². The summed E-state index contributed by atoms with van der Waals surface area (Å²) in [6.07, 6.45) is 1.52. The van der Waals surface area contributed by atoms with Gasteiger partial charge < -0.3 is 14.2 Å². The Hall–Kier alpha value is -4.05. The van der Waals surface area contributed by atoms with E-state index in [4.69, 9.17) is 14.2 Å². The first-order valence-electron chi connectivity index (χ1n) is 10.3. The maximum absolute atomic E-state index is 13.9. The van der Waals surface area contributed by atoms with Gasteiger partial charge in [0.05, 0.1) is 16.5 Å². The Balaban J connectivity index is 1.60. The maximum Gasteiger partial charge on any atom is 0.363 e. The van der Waals surface area contributed by atoms with Gasteiger partial charge in [-0.1, -0.05) is 18.2 Å². The third kappa shape index (κ3) is 5.22. The van der Waals surface area contributed by atoms with E-state index in [-0.39, 0.29) is 29.7 Å². The van der Waals surface area contributed by atoms with E-state index in [0.29, 0.717) is 38.2 Å². The Bertz CT molecular complexity index is 1400. The quantitative estimate of drug-likeness (QED) is 0.164. The molecule has 0 spiro atoms. The van der Waals surface area contributed by atoms with Gasteiger partial charge in [-0.15, -0.1) is 0 Å². The number of carbonyl (C=O) groups is 1. The molecule has 35 heavy (non-hydrogen) atoms. The van der Waals surface area contributed by atoms with E-state index in [1.54, 1.807) is 37.3 Å². The number of methoxy groups -OCH3 is 1. The van der Waals surface area contributed by atoms with Gasteiger partial charge in [0.25, 0.3) is 5.69 Å². The van der Waals surface area contributed by atoms with Crippen LogP contribution in [0.1, 0.15) is 22.3 Å². The average Bonchev–Trinajstić information content (AvgIpc) is 3.18. The minimum Gasteiger partial charge on any atom is -0.493 e. The molecule has 10 heteroatoms. The molecule has 0 aliphatic carbocycles. The van der Waals surface area contributed by atoms with Crippen LogP contribution in [-0.4, -0.2) is 23.9 Å². The highest BCUT2D eigenvalue weighted by atomic mass is 79.9. The van der Waals surface area contributed by atoms with Crippen molar-refractivity contribution in [2.45, 2.75) is 13.5 Å². The van der Waals surface area contributed by atoms with Gasteiger partial charge in [0.15, 0.2) is 17.2 Å². The molecule has 3 aromatic rings. The Kier molecular flexibility index (Phi) is 6.92. The third-order valence-corrected chi connectivity index (χ3v) is 5.73. The van der Waals surface area contributed by atoms with Gasteiger partial charge in [-0.2, -0.15) is 0 Å². The van der Waals surface area contributed by atoms with Crippen LogP contribution in [0.3, 0.4) is 0 Å². The average molecular weight is 541 g/mol. The van der Waals surface area contributed by atoms with Gasteiger partial charge in [0.1, 0.15) is 12.4 Å². The summed E-state index contributed by atoms with van der Waals surface area (Å²) in [4.78, 5) is 27.2. The standard InChI is InChI=1S/C25H18BrFN2O6/c1-14-9-16(7-8-21(14)29(31)32)24-28-20(25(30)35-24)11-15-10-18(26)23(22(12-15)33-2)34-13-17-5-3-4-6-19(17)27/h3-12H,13H2,1-2H3/b20-11-. The minimum absolute atomic E-state index is 0.00327. The number of nitrogens with zero attached hydrogens (tertiary/aromatic N) is 2. The van der Waals surface area contributed by atoms with Crippen molar-refractivity contribution in [3.05, 3.63) is 103 Å². The number of nitro groups is 1. The number of carbonyl (C=O) groups excluding carboxylic acids is 1. The van der Waals surface area contributed by atoms with E-state index < -0.39 is 10.9 Å². The van der Waals surface area contributed by atoms with E-state index in [9.17, 15) is 19.3 Å². The summed E-state index contributed by atoms with van der Waals surface area (Å²) in [6, 6.07) is 14.0. The van der Waals surface area contributed by atoms with Gasteiger partial charge in [0.2, 0.25) is 5.90 Å². The lowest BCUT2D eigenvalue weighted by Crippen LogP contribution is -2.06. The molecule has 0 saturated heterocycles. The fraction of sp³-hybridized carbons (Fsp3) is 0.120. The second-order valence-electron chi connectivity index (χ2n) is 7.51. The molecule has 1 aliphatic heterocycles. The molecular formula is C25H18BrFN2O6. The molecule has 3 aromatic carbocycles. The summed E-state index contributed by atoms with van der Waals surface area (Å²) in [5.41, 5.74) is 1.84. The van der Waals surface area contributed by atoms with Crippen LogP contribution in [0.15, 0.2) is 69.8 Å². The second kappa shape index (κ2) is 10.1. The van der Waals surface area contributed by atoms with Crippen molar-refractivity contribution in [3.63, 3.8) is 0 Å². The Morgan fingerprint density at radius 1 is 1.20 bits per heavy atom. The summed E-state index contributed by atoms with van der Waals surface area (Å²) < 4.78 is 30.9. The molecule has 178 valence electrons. The number of hydrogen-bond donors (Lipinski definition) is 0. The zero-order valence-corrected chi connectivity index (χ0v) is 20.2. The number of benzene rings is 3. The van der Waals surface area contributed by atoms with Gasteiger partial charge in [-0.3, -0.25) is 10.1 Å². The van der Waals surface area contributed by atoms with E-state index in [1.807, 2.05) is 0 Å². The molecule has 0 bridgehead atoms. The summed E-state index contributed by atoms with van der Waals surface area (Å²) in [5, 5.41) is 11.0. The highest BCUT2D eigenvalue weighted by Gasteiger charge is 2.26. The first-order valence-corrected chi connectivity index (χ1v) is 11.1. The van der Waals surface area contributed by atoms with E-state index in [1.165, 1.54) is 37.5 Å². The van der Waals surface area contributed by atoms with Crippen molar-refractivity contribution in [1.29, 1.82) is 0 Å². The summed E-state index contributed by atoms with van der Waals surface area (Å²) in [5.74, 6) is -0.247. The first-order chi connectivity index (χ1) is 16.8. The lowest BCUT2D eigenvalue weighted by Gasteiger charge is -2.14. The van der Waals surface area contributed by atoms with Crippen molar-refractivity contribution in [2.24, 2.45) is 4.99 Å². The normalized spacial score (nSPS) is 14.0. The van der Waals surface area contributed by atoms with Crippen LogP contribution in [-0.2, 0) is 16.1 Å². The molecular weight excluding hydrogens is 523 g/mol. The number of hydrogen-bond acceptors (Lipinski definition) is 7. The topological polar surface area (TPSA) is 100 Å². The van der Waals surface area contributed by atoms with Gasteiger partial charge in [0, 0.05) is 22.8 Å². The van der Waals surface area contributed by atoms with Gasteiger partial charge in [-0.05, 0) is 64.8 Å². The van der Waals surface area contributed by atoms with Crippen molar-refractivity contribution >= 4 is 39.6 Å². The predicted molar refractivity (Wildman–Crippen MR) is 130 cm³/mol. The van der Waals surface area contributed by atoms with Crippen LogP contribution in [0.4, 0.5) is 10.1 Å². The highest BCUT2D eigenvalue weighted by Crippen LogP contribution is 2.38. The highest BCUT2D eigenvalue weighted by molar-refractivity contribution is 9.10.